The zero-order valence-corrected chi connectivity index (χ0v) is 87.0. The number of hydrogen-bond donors (Lipinski definition) is 0. The van der Waals surface area contributed by atoms with Gasteiger partial charge in [0.25, 0.3) is 0 Å². The second kappa shape index (κ2) is 40.1. The van der Waals surface area contributed by atoms with Crippen LogP contribution in [0.4, 0.5) is 0 Å². The molecule has 0 radical (unpaired) electrons. The van der Waals surface area contributed by atoms with E-state index >= 15 is 0 Å². The van der Waals surface area contributed by atoms with E-state index in [-0.39, 0.29) is 21.7 Å². The number of hydrogen-bond acceptors (Lipinski definition) is 0. The molecule has 0 atom stereocenters. The zero-order chi connectivity index (χ0) is 99.0. The van der Waals surface area contributed by atoms with Crippen molar-refractivity contribution in [2.45, 2.75) is 188 Å². The van der Waals surface area contributed by atoms with E-state index in [1.165, 1.54) is 261 Å². The number of rotatable bonds is 0. The first-order chi connectivity index (χ1) is 68.5. The molecule has 0 amide bonds. The summed E-state index contributed by atoms with van der Waals surface area (Å²) in [4.78, 5) is 0. The van der Waals surface area contributed by atoms with E-state index in [9.17, 15) is 0 Å². The summed E-state index contributed by atoms with van der Waals surface area (Å²) in [5.41, 5.74) is 22.6. The van der Waals surface area contributed by atoms with E-state index in [0.717, 1.165) is 0 Å². The highest BCUT2D eigenvalue weighted by Gasteiger charge is 2.43. The van der Waals surface area contributed by atoms with E-state index in [1.54, 1.807) is 0 Å². The average Bonchev–Trinajstić information content (AvgIpc) is 1.54. The van der Waals surface area contributed by atoms with E-state index < -0.39 is 0 Å². The summed E-state index contributed by atoms with van der Waals surface area (Å²) in [6, 6.07) is 144. The summed E-state index contributed by atoms with van der Waals surface area (Å²) < 4.78 is 0. The summed E-state index contributed by atoms with van der Waals surface area (Å²) in [6.07, 6.45) is 0. The Balaban J connectivity index is 0.000000123. The summed E-state index contributed by atoms with van der Waals surface area (Å²) in [5.74, 6) is 0. The Hall–Kier alpha value is -14.6. The van der Waals surface area contributed by atoms with Crippen molar-refractivity contribution in [1.29, 1.82) is 0 Å². The highest BCUT2D eigenvalue weighted by atomic mass is 14.5. The lowest BCUT2D eigenvalue weighted by atomic mass is 9.77. The molecule has 140 heavy (non-hydrogen) atoms. The first kappa shape index (κ1) is 97.1. The normalized spacial score (nSPS) is 13.1. The molecule has 0 unspecified atom stereocenters. The van der Waals surface area contributed by atoms with Crippen LogP contribution in [-0.4, -0.2) is 0 Å². The minimum Gasteiger partial charge on any atom is -0.0683 e. The zero-order valence-electron chi connectivity index (χ0n) is 87.0. The minimum absolute atomic E-state index is 0.0439. The number of fused-ring (bicyclic) bond motifs is 40. The lowest BCUT2D eigenvalue weighted by Gasteiger charge is -2.25. The van der Waals surface area contributed by atoms with Gasteiger partial charge in [-0.15, -0.1) is 0 Å². The van der Waals surface area contributed by atoms with Gasteiger partial charge in [0.2, 0.25) is 0 Å². The molecule has 4 aliphatic rings. The van der Waals surface area contributed by atoms with E-state index in [1.807, 2.05) is 111 Å². The van der Waals surface area contributed by atoms with Crippen LogP contribution in [-0.2, 0) is 21.7 Å². The Morgan fingerprint density at radius 1 is 0.121 bits per heavy atom. The van der Waals surface area contributed by atoms with Gasteiger partial charge in [-0.1, -0.05) is 494 Å². The van der Waals surface area contributed by atoms with Crippen molar-refractivity contribution in [1.82, 2.24) is 0 Å². The fraction of sp³-hybridized carbons (Fsp3) is 0.200. The molecule has 696 valence electrons. The molecular weight excluding hydrogens is 1680 g/mol. The maximum atomic E-state index is 2.46. The van der Waals surface area contributed by atoms with Crippen molar-refractivity contribution in [2.24, 2.45) is 0 Å². The van der Waals surface area contributed by atoms with Crippen molar-refractivity contribution >= 4 is 172 Å². The van der Waals surface area contributed by atoms with Gasteiger partial charge in [-0.2, -0.15) is 0 Å². The van der Waals surface area contributed by atoms with Gasteiger partial charge >= 0.3 is 0 Å². The first-order valence-corrected chi connectivity index (χ1v) is 52.2. The smallest absolute Gasteiger partial charge is 0.0171 e. The molecule has 0 nitrogen and oxygen atoms in total. The van der Waals surface area contributed by atoms with Crippen molar-refractivity contribution in [2.75, 3.05) is 0 Å². The molecule has 28 rings (SSSR count). The molecular formula is C140H136. The van der Waals surface area contributed by atoms with Crippen LogP contribution in [0.3, 0.4) is 0 Å². The summed E-state index contributed by atoms with van der Waals surface area (Å²) in [6.45, 7) is 51.2. The standard InChI is InChI=1S/4C31H22.8C2H6/c1-31(2)29-26(16-15-21-17-19-9-3-4-10-20(19)18-27(21)29)28-24-13-7-5-11-22(24)23-12-6-8-14-25(23)30(28)31;1-31(2)29-25-13-11-19-7-5-6-10-23(19)24(25)15-16-27(29)26-14-12-22-17-20-8-3-4-9-21(20)18-28(22)30(26)31;1-31(2)29-25(16-14-23-17-21-8-3-4-9-22(21)18-27(23)29)26-15-13-20-12-11-19-7-5-6-10-24(19)28(20)30(26)31;1-31(2)29-18-26-23(12-11-19-7-5-6-10-24(19)26)17-28(29)25-14-13-22-15-20-8-3-4-9-21(20)16-27(22)30(25)31;8*1-2/h4*3-18H,1-2H3;8*1-2H3. The highest BCUT2D eigenvalue weighted by Crippen LogP contribution is 2.61. The third-order valence-corrected chi connectivity index (χ3v) is 29.4. The van der Waals surface area contributed by atoms with Gasteiger partial charge in [0.05, 0.1) is 0 Å². The van der Waals surface area contributed by atoms with Crippen molar-refractivity contribution in [3.05, 3.63) is 433 Å². The SMILES string of the molecule is CC.CC.CC.CC.CC.CC.CC.CC.CC1(C)c2c(ccc3cc4ccccc4cc23)-c2c1c1ccccc1c1ccccc21.CC1(C)c2c(ccc3cc4ccccc4cc23)-c2ccc3c(ccc4ccccc43)c21.CC1(C)c2c(ccc3cc4ccccc4cc23)-c2ccc3ccc4ccccc4c3c21.CC1(C)c2cc3c(ccc4ccccc43)cc2-c2ccc3cc4ccccc4cc3c21. The lowest BCUT2D eigenvalue weighted by molar-refractivity contribution is 0.667. The maximum Gasteiger partial charge on any atom is 0.0171 e. The lowest BCUT2D eigenvalue weighted by Crippen LogP contribution is -2.16. The van der Waals surface area contributed by atoms with Crippen molar-refractivity contribution in [3.63, 3.8) is 0 Å². The molecule has 24 aromatic rings. The third kappa shape index (κ3) is 15.9. The Kier molecular flexibility index (Phi) is 27.8. The summed E-state index contributed by atoms with van der Waals surface area (Å²) >= 11 is 0. The van der Waals surface area contributed by atoms with Crippen LogP contribution in [0.5, 0.6) is 0 Å². The maximum absolute atomic E-state index is 2.46. The molecule has 0 saturated carbocycles. The van der Waals surface area contributed by atoms with Crippen LogP contribution in [0.25, 0.3) is 217 Å². The first-order valence-electron chi connectivity index (χ1n) is 52.2. The van der Waals surface area contributed by atoms with Crippen LogP contribution in [0.2, 0.25) is 0 Å². The molecule has 0 saturated heterocycles. The fourth-order valence-electron chi connectivity index (χ4n) is 24.0. The van der Waals surface area contributed by atoms with Gasteiger partial charge in [-0.05, 0) is 322 Å². The molecule has 0 heteroatoms. The molecule has 24 aromatic carbocycles. The molecule has 0 spiro atoms. The summed E-state index contributed by atoms with van der Waals surface area (Å²) in [5, 5.41) is 42.8. The predicted molar refractivity (Wildman–Crippen MR) is 627 cm³/mol. The van der Waals surface area contributed by atoms with Crippen molar-refractivity contribution < 1.29 is 0 Å². The quantitative estimate of drug-likeness (QED) is 0.105. The molecule has 0 aromatic heterocycles. The molecule has 0 heterocycles. The largest absolute Gasteiger partial charge is 0.0683 e. The van der Waals surface area contributed by atoms with Crippen LogP contribution >= 0.6 is 0 Å². The molecule has 4 aliphatic carbocycles. The topological polar surface area (TPSA) is 0 Å². The van der Waals surface area contributed by atoms with Crippen LogP contribution < -0.4 is 0 Å². The van der Waals surface area contributed by atoms with Gasteiger partial charge in [0.1, 0.15) is 0 Å². The van der Waals surface area contributed by atoms with Crippen molar-refractivity contribution in [3.8, 4) is 44.5 Å². The number of benzene rings is 24. The van der Waals surface area contributed by atoms with Crippen LogP contribution in [0.1, 0.15) is 211 Å². The second-order valence-electron chi connectivity index (χ2n) is 37.6. The fourth-order valence-corrected chi connectivity index (χ4v) is 24.0. The van der Waals surface area contributed by atoms with E-state index in [2.05, 4.69) is 444 Å². The Bertz CT molecular complexity index is 8760. The molecule has 0 aliphatic heterocycles. The monoisotopic (exact) mass is 1820 g/mol. The molecule has 0 N–H and O–H groups in total. The van der Waals surface area contributed by atoms with Gasteiger partial charge in [-0.25, -0.2) is 0 Å². The minimum atomic E-state index is -0.0731. The highest BCUT2D eigenvalue weighted by molar-refractivity contribution is 6.22. The van der Waals surface area contributed by atoms with Crippen LogP contribution in [0.15, 0.2) is 388 Å². The van der Waals surface area contributed by atoms with E-state index in [0.29, 0.717) is 0 Å². The Labute approximate surface area is 831 Å². The van der Waals surface area contributed by atoms with Gasteiger partial charge in [0.15, 0.2) is 0 Å². The third-order valence-electron chi connectivity index (χ3n) is 29.4. The van der Waals surface area contributed by atoms with Gasteiger partial charge in [0, 0.05) is 21.7 Å². The van der Waals surface area contributed by atoms with Gasteiger partial charge in [-0.3, -0.25) is 0 Å². The summed E-state index contributed by atoms with van der Waals surface area (Å²) in [7, 11) is 0. The average molecular weight is 1820 g/mol. The molecule has 0 fully saturated rings. The Morgan fingerprint density at radius 3 is 0.779 bits per heavy atom. The van der Waals surface area contributed by atoms with E-state index in [4.69, 9.17) is 0 Å². The second-order valence-corrected chi connectivity index (χ2v) is 37.6. The Morgan fingerprint density at radius 2 is 0.350 bits per heavy atom. The molecule has 0 bridgehead atoms. The predicted octanol–water partition coefficient (Wildman–Crippen LogP) is 42.6. The van der Waals surface area contributed by atoms with Gasteiger partial charge < -0.3 is 0 Å². The van der Waals surface area contributed by atoms with Crippen LogP contribution in [0, 0.1) is 0 Å².